The van der Waals surface area contributed by atoms with Gasteiger partial charge in [-0.2, -0.15) is 0 Å². The van der Waals surface area contributed by atoms with Crippen LogP contribution in [0, 0.1) is 13.8 Å². The number of carbonyl (C=O) groups is 2. The third-order valence-electron chi connectivity index (χ3n) is 4.64. The van der Waals surface area contributed by atoms with Gasteiger partial charge in [0.1, 0.15) is 5.75 Å². The molecule has 0 spiro atoms. The van der Waals surface area contributed by atoms with Crippen molar-refractivity contribution in [3.05, 3.63) is 83.7 Å². The Morgan fingerprint density at radius 1 is 1.07 bits per heavy atom. The van der Waals surface area contributed by atoms with Crippen molar-refractivity contribution < 1.29 is 14.3 Å². The second-order valence-electron chi connectivity index (χ2n) is 6.91. The van der Waals surface area contributed by atoms with E-state index in [4.69, 9.17) is 10.5 Å². The molecule has 0 saturated heterocycles. The zero-order valence-corrected chi connectivity index (χ0v) is 17.1. The highest BCUT2D eigenvalue weighted by molar-refractivity contribution is 6.02. The van der Waals surface area contributed by atoms with E-state index in [9.17, 15) is 9.59 Å². The fourth-order valence-corrected chi connectivity index (χ4v) is 3.18. The molecule has 3 N–H and O–H groups in total. The van der Waals surface area contributed by atoms with E-state index < -0.39 is 5.91 Å². The van der Waals surface area contributed by atoms with Crippen molar-refractivity contribution in [3.63, 3.8) is 0 Å². The molecule has 1 aromatic heterocycles. The molecule has 6 heteroatoms. The van der Waals surface area contributed by atoms with Crippen molar-refractivity contribution in [1.82, 2.24) is 4.57 Å². The number of hydrogen-bond donors (Lipinski definition) is 2. The first-order chi connectivity index (χ1) is 14.4. The largest absolute Gasteiger partial charge is 0.493 e. The van der Waals surface area contributed by atoms with Gasteiger partial charge in [0.05, 0.1) is 13.0 Å². The number of nitrogens with one attached hydrogen (secondary N) is 1. The quantitative estimate of drug-likeness (QED) is 0.558. The van der Waals surface area contributed by atoms with Crippen LogP contribution in [-0.2, 0) is 9.59 Å². The second-order valence-corrected chi connectivity index (χ2v) is 6.91. The Labute approximate surface area is 176 Å². The first kappa shape index (κ1) is 20.9. The average molecular weight is 403 g/mol. The molecule has 0 bridgehead atoms. The van der Waals surface area contributed by atoms with Crippen molar-refractivity contribution >= 4 is 23.6 Å². The number of nitrogens with two attached hydrogens (primary N) is 1. The fourth-order valence-electron chi connectivity index (χ4n) is 3.18. The maximum absolute atomic E-state index is 12.3. The molecule has 0 radical (unpaired) electrons. The van der Waals surface area contributed by atoms with E-state index in [1.807, 2.05) is 38.1 Å². The molecule has 0 fully saturated rings. The van der Waals surface area contributed by atoms with E-state index >= 15 is 0 Å². The summed E-state index contributed by atoms with van der Waals surface area (Å²) in [6.07, 6.45) is 3.50. The van der Waals surface area contributed by atoms with Crippen molar-refractivity contribution in [2.45, 2.75) is 20.3 Å². The minimum absolute atomic E-state index is 0.161. The van der Waals surface area contributed by atoms with Crippen LogP contribution in [0.1, 0.15) is 23.4 Å². The predicted octanol–water partition coefficient (Wildman–Crippen LogP) is 4.00. The highest BCUT2D eigenvalue weighted by Gasteiger charge is 2.09. The molecule has 0 aliphatic rings. The van der Waals surface area contributed by atoms with Gasteiger partial charge in [-0.3, -0.25) is 9.59 Å². The van der Waals surface area contributed by atoms with Crippen LogP contribution in [0.15, 0.2) is 66.7 Å². The normalized spacial score (nSPS) is 10.9. The number of rotatable bonds is 8. The number of aromatic nitrogens is 1. The number of ether oxygens (including phenoxy) is 1. The van der Waals surface area contributed by atoms with Gasteiger partial charge in [-0.05, 0) is 68.0 Å². The molecular formula is C24H25N3O3. The van der Waals surface area contributed by atoms with E-state index in [-0.39, 0.29) is 18.9 Å². The number of anilines is 1. The van der Waals surface area contributed by atoms with Gasteiger partial charge in [-0.15, -0.1) is 0 Å². The fraction of sp³-hybridized carbons (Fsp3) is 0.167. The monoisotopic (exact) mass is 403 g/mol. The van der Waals surface area contributed by atoms with E-state index in [2.05, 4.69) is 28.1 Å². The molecular weight excluding hydrogens is 378 g/mol. The lowest BCUT2D eigenvalue weighted by molar-refractivity contribution is -0.118. The van der Waals surface area contributed by atoms with E-state index in [1.165, 1.54) is 6.08 Å². The van der Waals surface area contributed by atoms with E-state index in [0.717, 1.165) is 22.6 Å². The molecule has 0 atom stereocenters. The lowest BCUT2D eigenvalue weighted by atomic mass is 10.2. The number of nitrogens with zero attached hydrogens (tertiary/aromatic N) is 1. The first-order valence-corrected chi connectivity index (χ1v) is 9.68. The Bertz CT molecular complexity index is 1050. The number of carbonyl (C=O) groups excluding carboxylic acids is 2. The molecule has 0 unspecified atom stereocenters. The summed E-state index contributed by atoms with van der Waals surface area (Å²) in [4.78, 5) is 23.0. The lowest BCUT2D eigenvalue weighted by Crippen LogP contribution is -2.14. The molecule has 154 valence electrons. The number of para-hydroxylation sites is 1. The zero-order valence-electron chi connectivity index (χ0n) is 17.1. The molecule has 3 aromatic rings. The summed E-state index contributed by atoms with van der Waals surface area (Å²) >= 11 is 0. The third kappa shape index (κ3) is 5.38. The smallest absolute Gasteiger partial charge is 0.248 e. The SMILES string of the molecule is Cc1cc(/C=C/C(=O)Nc2ccc(OCCC(N)=O)cc2)c(C)n1-c1ccccc1. The third-order valence-corrected chi connectivity index (χ3v) is 4.64. The number of primary amides is 1. The Hall–Kier alpha value is -3.80. The number of benzene rings is 2. The summed E-state index contributed by atoms with van der Waals surface area (Å²) in [7, 11) is 0. The van der Waals surface area contributed by atoms with Crippen LogP contribution in [0.3, 0.4) is 0 Å². The second kappa shape index (κ2) is 9.60. The number of amides is 2. The van der Waals surface area contributed by atoms with Crippen LogP contribution in [0.5, 0.6) is 5.75 Å². The lowest BCUT2D eigenvalue weighted by Gasteiger charge is -2.09. The molecule has 0 aliphatic heterocycles. The van der Waals surface area contributed by atoms with Crippen molar-refractivity contribution in [3.8, 4) is 11.4 Å². The van der Waals surface area contributed by atoms with Crippen LogP contribution in [0.4, 0.5) is 5.69 Å². The maximum atomic E-state index is 12.3. The maximum Gasteiger partial charge on any atom is 0.248 e. The molecule has 0 aliphatic carbocycles. The molecule has 1 heterocycles. The Morgan fingerprint density at radius 3 is 2.43 bits per heavy atom. The Kier molecular flexibility index (Phi) is 6.70. The summed E-state index contributed by atoms with van der Waals surface area (Å²) in [5.41, 5.74) is 9.99. The predicted molar refractivity (Wildman–Crippen MR) is 119 cm³/mol. The van der Waals surface area contributed by atoms with Gasteiger partial charge in [0.25, 0.3) is 0 Å². The summed E-state index contributed by atoms with van der Waals surface area (Å²) in [5.74, 6) is -0.0183. The number of hydrogen-bond acceptors (Lipinski definition) is 3. The molecule has 30 heavy (non-hydrogen) atoms. The summed E-state index contributed by atoms with van der Waals surface area (Å²) in [5, 5.41) is 2.82. The Balaban J connectivity index is 1.62. The van der Waals surface area contributed by atoms with Gasteiger partial charge in [-0.25, -0.2) is 0 Å². The highest BCUT2D eigenvalue weighted by atomic mass is 16.5. The molecule has 0 saturated carbocycles. The van der Waals surface area contributed by atoms with Gasteiger partial charge in [0.2, 0.25) is 11.8 Å². The van der Waals surface area contributed by atoms with Crippen molar-refractivity contribution in [2.75, 3.05) is 11.9 Å². The standard InChI is InChI=1S/C24H25N3O3/c1-17-16-19(18(2)27(17)21-6-4-3-5-7-21)8-13-24(29)26-20-9-11-22(12-10-20)30-15-14-23(25)28/h3-13,16H,14-15H2,1-2H3,(H2,25,28)(H,26,29)/b13-8+. The summed E-state index contributed by atoms with van der Waals surface area (Å²) in [6.45, 7) is 4.31. The Morgan fingerprint density at radius 2 is 1.77 bits per heavy atom. The minimum atomic E-state index is -0.407. The zero-order chi connectivity index (χ0) is 21.5. The van der Waals surface area contributed by atoms with E-state index in [1.54, 1.807) is 24.3 Å². The van der Waals surface area contributed by atoms with Crippen molar-refractivity contribution in [2.24, 2.45) is 5.73 Å². The topological polar surface area (TPSA) is 86.3 Å². The van der Waals surface area contributed by atoms with Gasteiger partial charge in [-0.1, -0.05) is 18.2 Å². The minimum Gasteiger partial charge on any atom is -0.493 e. The molecule has 2 amide bonds. The highest BCUT2D eigenvalue weighted by Crippen LogP contribution is 2.22. The van der Waals surface area contributed by atoms with Crippen LogP contribution in [0.2, 0.25) is 0 Å². The van der Waals surface area contributed by atoms with Gasteiger partial charge in [0.15, 0.2) is 0 Å². The summed E-state index contributed by atoms with van der Waals surface area (Å²) in [6, 6.07) is 19.1. The van der Waals surface area contributed by atoms with Crippen LogP contribution in [0.25, 0.3) is 11.8 Å². The van der Waals surface area contributed by atoms with Crippen LogP contribution >= 0.6 is 0 Å². The van der Waals surface area contributed by atoms with Gasteiger partial charge < -0.3 is 20.4 Å². The molecule has 6 nitrogen and oxygen atoms in total. The van der Waals surface area contributed by atoms with Crippen LogP contribution < -0.4 is 15.8 Å². The average Bonchev–Trinajstić information content (AvgIpc) is 3.01. The van der Waals surface area contributed by atoms with Gasteiger partial charge in [0, 0.05) is 28.8 Å². The van der Waals surface area contributed by atoms with Gasteiger partial charge >= 0.3 is 0 Å². The molecule has 3 rings (SSSR count). The summed E-state index contributed by atoms with van der Waals surface area (Å²) < 4.78 is 7.58. The van der Waals surface area contributed by atoms with E-state index in [0.29, 0.717) is 11.4 Å². The van der Waals surface area contributed by atoms with Crippen LogP contribution in [-0.4, -0.2) is 23.0 Å². The van der Waals surface area contributed by atoms with Crippen molar-refractivity contribution in [1.29, 1.82) is 0 Å². The number of aryl methyl sites for hydroxylation is 1. The first-order valence-electron chi connectivity index (χ1n) is 9.68. The molecule has 2 aromatic carbocycles.